The average Bonchev–Trinajstić information content (AvgIpc) is 3.59. The van der Waals surface area contributed by atoms with Crippen molar-refractivity contribution in [2.75, 3.05) is 31.1 Å². The Labute approximate surface area is 231 Å². The number of aromatic nitrogens is 4. The maximum atomic E-state index is 12.3. The normalized spacial score (nSPS) is 15.8. The van der Waals surface area contributed by atoms with E-state index in [0.717, 1.165) is 47.7 Å². The largest absolute Gasteiger partial charge is 0.467 e. The summed E-state index contributed by atoms with van der Waals surface area (Å²) < 4.78 is 38.5. The molecule has 1 aromatic carbocycles. The molecule has 1 aliphatic rings. The van der Waals surface area contributed by atoms with Crippen molar-refractivity contribution in [1.29, 1.82) is 0 Å². The van der Waals surface area contributed by atoms with Crippen LogP contribution in [0.3, 0.4) is 0 Å². The first kappa shape index (κ1) is 27.4. The molecule has 0 aliphatic carbocycles. The van der Waals surface area contributed by atoms with Gasteiger partial charge in [-0.15, -0.1) is 0 Å². The molecule has 1 saturated heterocycles. The maximum absolute atomic E-state index is 12.3. The summed E-state index contributed by atoms with van der Waals surface area (Å²) in [5, 5.41) is 13.5. The molecule has 3 aromatic heterocycles. The van der Waals surface area contributed by atoms with Gasteiger partial charge in [-0.25, -0.2) is 23.1 Å². The molecule has 11 nitrogen and oxygen atoms in total. The van der Waals surface area contributed by atoms with Crippen LogP contribution in [-0.4, -0.2) is 66.0 Å². The van der Waals surface area contributed by atoms with Crippen LogP contribution in [0.2, 0.25) is 0 Å². The predicted molar refractivity (Wildman–Crippen MR) is 149 cm³/mol. The zero-order valence-electron chi connectivity index (χ0n) is 22.1. The van der Waals surface area contributed by atoms with Crippen molar-refractivity contribution < 1.29 is 22.8 Å². The fourth-order valence-electron chi connectivity index (χ4n) is 4.48. The summed E-state index contributed by atoms with van der Waals surface area (Å²) in [6.07, 6.45) is 1.90. The highest BCUT2D eigenvalue weighted by Crippen LogP contribution is 2.32. The maximum Gasteiger partial charge on any atom is 0.324 e. The van der Waals surface area contributed by atoms with Crippen LogP contribution >= 0.6 is 11.3 Å². The molecule has 1 atom stereocenters. The van der Waals surface area contributed by atoms with Crippen molar-refractivity contribution >= 4 is 37.7 Å². The van der Waals surface area contributed by atoms with Gasteiger partial charge in [-0.2, -0.15) is 4.98 Å². The number of hydrogen-bond acceptors (Lipinski definition) is 11. The Morgan fingerprint density at radius 2 is 1.85 bits per heavy atom. The standard InChI is InChI=1S/C26H32N6O5S2/c1-16(2)23-30-25(37-31-23)32-13-10-18(11-14-32)17(3)36-26-29-22-9-8-21(28-24(22)38-26)19-4-6-20(7-5-19)39(34,35)27-12-15-33/h4-9,16-18,27,33H,10-15H2,1-3H3. The van der Waals surface area contributed by atoms with Gasteiger partial charge < -0.3 is 19.3 Å². The third kappa shape index (κ3) is 6.21. The molecule has 0 radical (unpaired) electrons. The van der Waals surface area contributed by atoms with E-state index in [1.165, 1.54) is 23.5 Å². The average molecular weight is 573 g/mol. The third-order valence-corrected chi connectivity index (χ3v) is 9.14. The van der Waals surface area contributed by atoms with Gasteiger partial charge >= 0.3 is 6.01 Å². The van der Waals surface area contributed by atoms with Crippen molar-refractivity contribution in [1.82, 2.24) is 24.8 Å². The Morgan fingerprint density at radius 3 is 2.51 bits per heavy atom. The number of thiazole rings is 1. The number of nitrogens with one attached hydrogen (secondary N) is 1. The quantitative estimate of drug-likeness (QED) is 0.288. The van der Waals surface area contributed by atoms with Gasteiger partial charge in [-0.3, -0.25) is 0 Å². The van der Waals surface area contributed by atoms with Crippen molar-refractivity contribution in [2.24, 2.45) is 5.92 Å². The van der Waals surface area contributed by atoms with Gasteiger partial charge in [0.05, 0.1) is 17.2 Å². The second-order valence-corrected chi connectivity index (χ2v) is 12.6. The molecule has 4 aromatic rings. The van der Waals surface area contributed by atoms with Crippen LogP contribution in [0.1, 0.15) is 45.4 Å². The lowest BCUT2D eigenvalue weighted by Crippen LogP contribution is -2.38. The molecular formula is C26H32N6O5S2. The van der Waals surface area contributed by atoms with Crippen molar-refractivity contribution in [3.63, 3.8) is 0 Å². The first-order chi connectivity index (χ1) is 18.7. The number of ether oxygens (including phenoxy) is 1. The zero-order chi connectivity index (χ0) is 27.6. The Morgan fingerprint density at radius 1 is 1.10 bits per heavy atom. The Bertz CT molecular complexity index is 1510. The highest BCUT2D eigenvalue weighted by Gasteiger charge is 2.28. The van der Waals surface area contributed by atoms with E-state index in [-0.39, 0.29) is 30.1 Å². The minimum absolute atomic E-state index is 0.00460. The van der Waals surface area contributed by atoms with Gasteiger partial charge in [0.2, 0.25) is 10.0 Å². The summed E-state index contributed by atoms with van der Waals surface area (Å²) in [4.78, 5) is 16.9. The first-order valence-electron chi connectivity index (χ1n) is 13.0. The van der Waals surface area contributed by atoms with E-state index in [9.17, 15) is 8.42 Å². The summed E-state index contributed by atoms with van der Waals surface area (Å²) in [6, 6.07) is 10.8. The highest BCUT2D eigenvalue weighted by atomic mass is 32.2. The number of hydrogen-bond donors (Lipinski definition) is 2. The summed E-state index contributed by atoms with van der Waals surface area (Å²) in [7, 11) is -3.66. The summed E-state index contributed by atoms with van der Waals surface area (Å²) >= 11 is 1.40. The topological polar surface area (TPSA) is 144 Å². The molecule has 0 spiro atoms. The number of sulfonamides is 1. The zero-order valence-corrected chi connectivity index (χ0v) is 23.7. The molecular weight excluding hydrogens is 540 g/mol. The molecule has 5 rings (SSSR count). The van der Waals surface area contributed by atoms with E-state index in [2.05, 4.69) is 31.7 Å². The van der Waals surface area contributed by atoms with E-state index >= 15 is 0 Å². The van der Waals surface area contributed by atoms with Crippen LogP contribution in [0.4, 0.5) is 6.01 Å². The van der Waals surface area contributed by atoms with Crippen LogP contribution in [0, 0.1) is 5.92 Å². The number of benzene rings is 1. The van der Waals surface area contributed by atoms with Gasteiger partial charge in [0, 0.05) is 31.1 Å². The molecule has 4 heterocycles. The van der Waals surface area contributed by atoms with Gasteiger partial charge in [0.25, 0.3) is 5.19 Å². The summed E-state index contributed by atoms with van der Waals surface area (Å²) in [6.45, 7) is 7.55. The number of aliphatic hydroxyl groups is 1. The van der Waals surface area contributed by atoms with E-state index in [1.54, 1.807) is 12.1 Å². The molecule has 208 valence electrons. The summed E-state index contributed by atoms with van der Waals surface area (Å²) in [5.74, 6) is 1.34. The Balaban J connectivity index is 1.21. The van der Waals surface area contributed by atoms with Gasteiger partial charge in [-0.05, 0) is 49.9 Å². The fourth-order valence-corrected chi connectivity index (χ4v) is 6.37. The first-order valence-corrected chi connectivity index (χ1v) is 15.3. The Hall–Kier alpha value is -3.13. The van der Waals surface area contributed by atoms with E-state index in [0.29, 0.717) is 22.8 Å². The summed E-state index contributed by atoms with van der Waals surface area (Å²) in [5.41, 5.74) is 2.26. The molecule has 0 bridgehead atoms. The number of anilines is 1. The van der Waals surface area contributed by atoms with Crippen molar-refractivity contribution in [2.45, 2.75) is 50.5 Å². The monoisotopic (exact) mass is 572 g/mol. The van der Waals surface area contributed by atoms with Gasteiger partial charge in [-0.1, -0.05) is 42.5 Å². The van der Waals surface area contributed by atoms with Crippen molar-refractivity contribution in [3.8, 4) is 16.5 Å². The number of fused-ring (bicyclic) bond motifs is 1. The van der Waals surface area contributed by atoms with Crippen LogP contribution in [0.5, 0.6) is 5.19 Å². The molecule has 0 saturated carbocycles. The third-order valence-electron chi connectivity index (χ3n) is 6.81. The molecule has 13 heteroatoms. The van der Waals surface area contributed by atoms with Gasteiger partial charge in [0.1, 0.15) is 16.5 Å². The minimum Gasteiger partial charge on any atom is -0.467 e. The second kappa shape index (κ2) is 11.5. The van der Waals surface area contributed by atoms with E-state index < -0.39 is 10.0 Å². The number of piperidine rings is 1. The molecule has 1 aliphatic heterocycles. The van der Waals surface area contributed by atoms with Crippen LogP contribution in [-0.2, 0) is 10.0 Å². The van der Waals surface area contributed by atoms with Crippen molar-refractivity contribution in [3.05, 3.63) is 42.2 Å². The minimum atomic E-state index is -3.66. The van der Waals surface area contributed by atoms with E-state index in [1.807, 2.05) is 26.0 Å². The number of nitrogens with zero attached hydrogens (tertiary/aromatic N) is 5. The fraction of sp³-hybridized carbons (Fsp3) is 0.462. The van der Waals surface area contributed by atoms with Crippen LogP contribution < -0.4 is 14.4 Å². The van der Waals surface area contributed by atoms with E-state index in [4.69, 9.17) is 19.4 Å². The highest BCUT2D eigenvalue weighted by molar-refractivity contribution is 7.89. The lowest BCUT2D eigenvalue weighted by atomic mass is 9.92. The number of rotatable bonds is 10. The SMILES string of the molecule is CC(C)c1noc(N2CCC(C(C)Oc3nc4ccc(-c5ccc(S(=O)(=O)NCCO)cc5)nc4s3)CC2)n1. The van der Waals surface area contributed by atoms with Crippen LogP contribution in [0.15, 0.2) is 45.8 Å². The molecule has 1 fully saturated rings. The number of pyridine rings is 1. The lowest BCUT2D eigenvalue weighted by Gasteiger charge is -2.33. The molecule has 1 unspecified atom stereocenters. The smallest absolute Gasteiger partial charge is 0.324 e. The second-order valence-electron chi connectivity index (χ2n) is 9.88. The van der Waals surface area contributed by atoms with Gasteiger partial charge in [0.15, 0.2) is 5.82 Å². The Kier molecular flexibility index (Phi) is 8.12. The lowest BCUT2D eigenvalue weighted by molar-refractivity contribution is 0.131. The molecule has 0 amide bonds. The molecule has 2 N–H and O–H groups in total. The number of aliphatic hydroxyl groups excluding tert-OH is 1. The predicted octanol–water partition coefficient (Wildman–Crippen LogP) is 3.82. The molecule has 39 heavy (non-hydrogen) atoms. The van der Waals surface area contributed by atoms with Crippen LogP contribution in [0.25, 0.3) is 21.6 Å².